The van der Waals surface area contributed by atoms with Crippen molar-refractivity contribution in [2.75, 3.05) is 10.6 Å². The molecule has 2 N–H and O–H groups in total. The zero-order chi connectivity index (χ0) is 32.8. The van der Waals surface area contributed by atoms with Gasteiger partial charge in [-0.15, -0.1) is 13.2 Å². The number of carbonyl (C=O) groups is 1. The van der Waals surface area contributed by atoms with Crippen LogP contribution in [0.15, 0.2) is 59.0 Å². The Kier molecular flexibility index (Phi) is 8.17. The first-order chi connectivity index (χ1) is 20.1. The van der Waals surface area contributed by atoms with Crippen molar-refractivity contribution in [3.63, 3.8) is 0 Å². The van der Waals surface area contributed by atoms with E-state index in [1.807, 2.05) is 20.8 Å². The molecule has 16 heteroatoms. The zero-order valence-electron chi connectivity index (χ0n) is 23.2. The number of urea groups is 1. The standard InChI is InChI=1S/C28H23F9N4O3/c1-14-20(12-22(43-14)25(2,3)4)21-13-23(39-24(42)38-17-5-7-19(8-6-17)44-28(35,36)37)41(40-21)18-10-15(26(29,30)31)9-16(11-18)27(32,33)34/h5-13H,1-4H3,(H2,38,39,42). The lowest BCUT2D eigenvalue weighted by molar-refractivity contribution is -0.274. The van der Waals surface area contributed by atoms with Gasteiger partial charge in [-0.25, -0.2) is 9.48 Å². The molecular formula is C28H23F9N4O3. The molecule has 0 aliphatic rings. The number of furan rings is 1. The largest absolute Gasteiger partial charge is 0.573 e. The fraction of sp³-hybridized carbons (Fsp3) is 0.286. The minimum Gasteiger partial charge on any atom is -0.465 e. The predicted octanol–water partition coefficient (Wildman–Crippen LogP) is 9.32. The Hall–Kier alpha value is -4.63. The normalized spacial score (nSPS) is 12.8. The number of amides is 2. The summed E-state index contributed by atoms with van der Waals surface area (Å²) in [6.07, 6.45) is -15.2. The first kappa shape index (κ1) is 32.3. The Morgan fingerprint density at radius 1 is 0.818 bits per heavy atom. The topological polar surface area (TPSA) is 81.3 Å². The number of nitrogens with one attached hydrogen (secondary N) is 2. The minimum atomic E-state index is -5.15. The Labute approximate surface area is 243 Å². The van der Waals surface area contributed by atoms with Gasteiger partial charge in [0.1, 0.15) is 23.1 Å². The number of hydrogen-bond donors (Lipinski definition) is 2. The highest BCUT2D eigenvalue weighted by Gasteiger charge is 2.37. The molecule has 0 fully saturated rings. The van der Waals surface area contributed by atoms with Crippen LogP contribution in [-0.4, -0.2) is 22.2 Å². The van der Waals surface area contributed by atoms with Crippen molar-refractivity contribution in [2.24, 2.45) is 0 Å². The lowest BCUT2D eigenvalue weighted by Crippen LogP contribution is -2.22. The van der Waals surface area contributed by atoms with Gasteiger partial charge in [-0.05, 0) is 55.5 Å². The number of nitrogens with zero attached hydrogens (tertiary/aromatic N) is 2. The highest BCUT2D eigenvalue weighted by atomic mass is 19.4. The Morgan fingerprint density at radius 2 is 1.39 bits per heavy atom. The average molecular weight is 634 g/mol. The highest BCUT2D eigenvalue weighted by Crippen LogP contribution is 2.39. The lowest BCUT2D eigenvalue weighted by atomic mass is 9.93. The lowest BCUT2D eigenvalue weighted by Gasteiger charge is -2.16. The molecule has 2 aromatic carbocycles. The van der Waals surface area contributed by atoms with Crippen molar-refractivity contribution in [1.82, 2.24) is 9.78 Å². The van der Waals surface area contributed by atoms with E-state index >= 15 is 0 Å². The number of aryl methyl sites for hydroxylation is 1. The number of alkyl halides is 9. The third-order valence-electron chi connectivity index (χ3n) is 6.05. The SMILES string of the molecule is Cc1oc(C(C)(C)C)cc1-c1cc(NC(=O)Nc2ccc(OC(F)(F)F)cc2)n(-c2cc(C(F)(F)F)cc(C(F)(F)F)c2)n1. The van der Waals surface area contributed by atoms with Crippen LogP contribution in [0.4, 0.5) is 55.8 Å². The molecular weight excluding hydrogens is 611 g/mol. The summed E-state index contributed by atoms with van der Waals surface area (Å²) in [5.41, 5.74) is -3.94. The second kappa shape index (κ2) is 11.1. The fourth-order valence-corrected chi connectivity index (χ4v) is 3.98. The summed E-state index contributed by atoms with van der Waals surface area (Å²) < 4.78 is 129. The van der Waals surface area contributed by atoms with Gasteiger partial charge < -0.3 is 14.5 Å². The van der Waals surface area contributed by atoms with Crippen LogP contribution < -0.4 is 15.4 Å². The quantitative estimate of drug-likeness (QED) is 0.215. The number of benzene rings is 2. The molecule has 0 spiro atoms. The molecule has 0 bridgehead atoms. The van der Waals surface area contributed by atoms with Gasteiger partial charge in [-0.2, -0.15) is 31.4 Å². The number of hydrogen-bond acceptors (Lipinski definition) is 4. The van der Waals surface area contributed by atoms with Crippen LogP contribution in [-0.2, 0) is 17.8 Å². The van der Waals surface area contributed by atoms with Gasteiger partial charge >= 0.3 is 24.7 Å². The summed E-state index contributed by atoms with van der Waals surface area (Å²) in [5, 5.41) is 8.84. The maximum absolute atomic E-state index is 13.6. The summed E-state index contributed by atoms with van der Waals surface area (Å²) in [6.45, 7) is 7.15. The number of aromatic nitrogens is 2. The molecule has 44 heavy (non-hydrogen) atoms. The smallest absolute Gasteiger partial charge is 0.465 e. The van der Waals surface area contributed by atoms with Gasteiger partial charge in [0.25, 0.3) is 0 Å². The van der Waals surface area contributed by atoms with Crippen molar-refractivity contribution in [2.45, 2.75) is 51.8 Å². The summed E-state index contributed by atoms with van der Waals surface area (Å²) >= 11 is 0. The summed E-state index contributed by atoms with van der Waals surface area (Å²) in [6, 6.07) is 6.63. The molecule has 2 amide bonds. The first-order valence-corrected chi connectivity index (χ1v) is 12.6. The van der Waals surface area contributed by atoms with Crippen molar-refractivity contribution >= 4 is 17.5 Å². The molecule has 4 aromatic rings. The first-order valence-electron chi connectivity index (χ1n) is 12.6. The van der Waals surface area contributed by atoms with Gasteiger partial charge in [-0.1, -0.05) is 20.8 Å². The molecule has 0 unspecified atom stereocenters. The summed E-state index contributed by atoms with van der Waals surface area (Å²) in [5.74, 6) is -0.0406. The molecule has 0 saturated carbocycles. The second-order valence-corrected chi connectivity index (χ2v) is 10.6. The van der Waals surface area contributed by atoms with Gasteiger partial charge in [0, 0.05) is 22.7 Å². The van der Waals surface area contributed by atoms with Crippen LogP contribution in [0.1, 0.15) is 43.4 Å². The molecule has 0 radical (unpaired) electrons. The van der Waals surface area contributed by atoms with E-state index in [-0.39, 0.29) is 23.3 Å². The highest BCUT2D eigenvalue weighted by molar-refractivity contribution is 5.99. The van der Waals surface area contributed by atoms with Crippen LogP contribution in [0.5, 0.6) is 5.75 Å². The van der Waals surface area contributed by atoms with Crippen LogP contribution in [0.2, 0.25) is 0 Å². The molecule has 0 atom stereocenters. The maximum Gasteiger partial charge on any atom is 0.573 e. The van der Waals surface area contributed by atoms with Crippen LogP contribution in [0.3, 0.4) is 0 Å². The number of rotatable bonds is 5. The van der Waals surface area contributed by atoms with Gasteiger partial charge in [-0.3, -0.25) is 5.32 Å². The molecule has 2 heterocycles. The average Bonchev–Trinajstić information content (AvgIpc) is 3.46. The van der Waals surface area contributed by atoms with Crippen molar-refractivity contribution in [3.05, 3.63) is 77.2 Å². The van der Waals surface area contributed by atoms with E-state index < -0.39 is 52.7 Å². The monoisotopic (exact) mass is 634 g/mol. The minimum absolute atomic E-state index is 0.0118. The van der Waals surface area contributed by atoms with Crippen LogP contribution in [0.25, 0.3) is 16.9 Å². The Balaban J connectivity index is 1.77. The summed E-state index contributed by atoms with van der Waals surface area (Å²) in [4.78, 5) is 12.8. The van der Waals surface area contributed by atoms with Crippen LogP contribution >= 0.6 is 0 Å². The zero-order valence-corrected chi connectivity index (χ0v) is 23.2. The fourth-order valence-electron chi connectivity index (χ4n) is 3.98. The van der Waals surface area contributed by atoms with Crippen molar-refractivity contribution < 1.29 is 53.5 Å². The molecule has 0 aliphatic heterocycles. The third kappa shape index (κ3) is 7.65. The molecule has 0 aliphatic carbocycles. The van der Waals surface area contributed by atoms with Crippen LogP contribution in [0, 0.1) is 6.92 Å². The van der Waals surface area contributed by atoms with E-state index in [1.165, 1.54) is 6.07 Å². The molecule has 0 saturated heterocycles. The molecule has 4 rings (SSSR count). The number of halogens is 9. The number of ether oxygens (including phenoxy) is 1. The van der Waals surface area contributed by atoms with Crippen molar-refractivity contribution in [1.29, 1.82) is 0 Å². The van der Waals surface area contributed by atoms with Gasteiger partial charge in [0.05, 0.1) is 22.5 Å². The number of anilines is 2. The van der Waals surface area contributed by atoms with E-state index in [1.54, 1.807) is 13.0 Å². The Bertz CT molecular complexity index is 1630. The van der Waals surface area contributed by atoms with E-state index in [0.29, 0.717) is 33.9 Å². The second-order valence-electron chi connectivity index (χ2n) is 10.6. The molecule has 7 nitrogen and oxygen atoms in total. The third-order valence-corrected chi connectivity index (χ3v) is 6.05. The molecule has 236 valence electrons. The predicted molar refractivity (Wildman–Crippen MR) is 140 cm³/mol. The number of carbonyl (C=O) groups excluding carboxylic acids is 1. The Morgan fingerprint density at radius 3 is 1.86 bits per heavy atom. The van der Waals surface area contributed by atoms with E-state index in [2.05, 4.69) is 20.5 Å². The maximum atomic E-state index is 13.6. The molecule has 2 aromatic heterocycles. The van der Waals surface area contributed by atoms with E-state index in [0.717, 1.165) is 24.3 Å². The van der Waals surface area contributed by atoms with Crippen molar-refractivity contribution in [3.8, 4) is 22.7 Å². The van der Waals surface area contributed by atoms with E-state index in [9.17, 15) is 44.3 Å². The summed E-state index contributed by atoms with van der Waals surface area (Å²) in [7, 11) is 0. The van der Waals surface area contributed by atoms with Gasteiger partial charge in [0.2, 0.25) is 0 Å². The van der Waals surface area contributed by atoms with E-state index in [4.69, 9.17) is 4.42 Å². The van der Waals surface area contributed by atoms with Gasteiger partial charge in [0.15, 0.2) is 0 Å².